The molecule has 0 radical (unpaired) electrons. The first-order chi connectivity index (χ1) is 13.5. The van der Waals surface area contributed by atoms with Crippen LogP contribution < -0.4 is 10.5 Å². The number of nitrogen functional groups attached to an aromatic ring is 1. The molecule has 1 aliphatic carbocycles. The second-order valence-electron chi connectivity index (χ2n) is 7.06. The van der Waals surface area contributed by atoms with Gasteiger partial charge in [-0.25, -0.2) is 4.72 Å². The van der Waals surface area contributed by atoms with Crippen molar-refractivity contribution in [2.75, 3.05) is 16.7 Å². The van der Waals surface area contributed by atoms with E-state index in [-0.39, 0.29) is 0 Å². The van der Waals surface area contributed by atoms with Crippen molar-refractivity contribution in [3.05, 3.63) is 65.9 Å². The van der Waals surface area contributed by atoms with Gasteiger partial charge in [0.2, 0.25) is 0 Å². The Kier molecular flexibility index (Phi) is 5.07. The predicted octanol–water partition coefficient (Wildman–Crippen LogP) is 4.58. The summed E-state index contributed by atoms with van der Waals surface area (Å²) in [5.74, 6) is 0.660. The van der Waals surface area contributed by atoms with Gasteiger partial charge in [-0.3, -0.25) is 4.98 Å². The lowest BCUT2D eigenvalue weighted by Crippen LogP contribution is -2.10. The predicted molar refractivity (Wildman–Crippen MR) is 117 cm³/mol. The van der Waals surface area contributed by atoms with Crippen molar-refractivity contribution in [2.24, 2.45) is 0 Å². The molecule has 1 fully saturated rings. The summed E-state index contributed by atoms with van der Waals surface area (Å²) in [6, 6.07) is 16.1. The summed E-state index contributed by atoms with van der Waals surface area (Å²) >= 11 is -1.19. The van der Waals surface area contributed by atoms with Crippen LogP contribution >= 0.6 is 0 Å². The van der Waals surface area contributed by atoms with Crippen LogP contribution in [0.2, 0.25) is 0 Å². The monoisotopic (exact) mass is 390 g/mol. The maximum absolute atomic E-state index is 11.6. The number of rotatable bonds is 6. The molecule has 1 aromatic heterocycles. The lowest BCUT2D eigenvalue weighted by molar-refractivity contribution is 0.605. The Morgan fingerprint density at radius 3 is 2.71 bits per heavy atom. The van der Waals surface area contributed by atoms with Crippen LogP contribution in [0.4, 0.5) is 11.4 Å². The fraction of sp³-hybridized carbons (Fsp3) is 0.182. The lowest BCUT2D eigenvalue weighted by atomic mass is 9.95. The third-order valence-electron chi connectivity index (χ3n) is 4.91. The first-order valence-electron chi connectivity index (χ1n) is 9.16. The third-order valence-corrected chi connectivity index (χ3v) is 5.43. The maximum Gasteiger partial charge on any atom is 0.121 e. The molecule has 1 atom stereocenters. The number of nitrogens with zero attached hydrogens (tertiary/aromatic N) is 1. The average molecular weight is 391 g/mol. The Balaban J connectivity index is 1.86. The number of pyridine rings is 1. The molecular weight excluding hydrogens is 368 g/mol. The Morgan fingerprint density at radius 1 is 1.18 bits per heavy atom. The fourth-order valence-corrected chi connectivity index (χ4v) is 3.80. The van der Waals surface area contributed by atoms with Gasteiger partial charge in [0, 0.05) is 28.6 Å². The van der Waals surface area contributed by atoms with Crippen LogP contribution in [0.3, 0.4) is 0 Å². The number of hydrogen-bond donors (Lipinski definition) is 3. The summed E-state index contributed by atoms with van der Waals surface area (Å²) in [4.78, 5) is 4.69. The summed E-state index contributed by atoms with van der Waals surface area (Å²) in [6.45, 7) is 0. The van der Waals surface area contributed by atoms with E-state index in [0.717, 1.165) is 22.4 Å². The summed E-state index contributed by atoms with van der Waals surface area (Å²) in [6.07, 6.45) is 7.04. The third kappa shape index (κ3) is 3.88. The number of nitrogens with one attached hydrogen (secondary N) is 2. The molecule has 142 valence electrons. The molecule has 1 aliphatic rings. The van der Waals surface area contributed by atoms with Gasteiger partial charge in [-0.05, 0) is 54.2 Å². The second-order valence-corrected chi connectivity index (χ2v) is 8.18. The van der Waals surface area contributed by atoms with Gasteiger partial charge < -0.3 is 15.7 Å². The van der Waals surface area contributed by atoms with E-state index >= 15 is 0 Å². The van der Waals surface area contributed by atoms with Gasteiger partial charge in [-0.1, -0.05) is 24.3 Å². The molecule has 1 saturated carbocycles. The summed E-state index contributed by atoms with van der Waals surface area (Å²) in [7, 11) is 0. The zero-order valence-corrected chi connectivity index (χ0v) is 16.4. The molecule has 5 nitrogen and oxygen atoms in total. The number of hydrogen-bond acceptors (Lipinski definition) is 5. The molecule has 4 rings (SSSR count). The summed E-state index contributed by atoms with van der Waals surface area (Å²) in [5.41, 5.74) is 13.0. The van der Waals surface area contributed by atoms with Gasteiger partial charge in [0.1, 0.15) is 11.9 Å². The highest BCUT2D eigenvalue weighted by molar-refractivity contribution is 7.92. The van der Waals surface area contributed by atoms with Crippen LogP contribution in [-0.4, -0.2) is 22.0 Å². The van der Waals surface area contributed by atoms with Gasteiger partial charge in [-0.15, -0.1) is 0 Å². The highest BCUT2D eigenvalue weighted by atomic mass is 32.2. The van der Waals surface area contributed by atoms with Crippen LogP contribution in [0, 0.1) is 5.41 Å². The molecule has 4 N–H and O–H groups in total. The summed E-state index contributed by atoms with van der Waals surface area (Å²) < 4.78 is 14.5. The van der Waals surface area contributed by atoms with Gasteiger partial charge >= 0.3 is 0 Å². The van der Waals surface area contributed by atoms with Crippen molar-refractivity contribution in [1.82, 2.24) is 4.98 Å². The molecule has 0 aliphatic heterocycles. The van der Waals surface area contributed by atoms with E-state index in [1.54, 1.807) is 18.5 Å². The topological polar surface area (TPSA) is 97.8 Å². The van der Waals surface area contributed by atoms with Crippen molar-refractivity contribution in [1.29, 1.82) is 5.41 Å². The Labute approximate surface area is 167 Å². The summed E-state index contributed by atoms with van der Waals surface area (Å²) in [5, 5.41) is 7.61. The van der Waals surface area contributed by atoms with E-state index in [1.165, 1.54) is 24.6 Å². The van der Waals surface area contributed by atoms with Crippen molar-refractivity contribution in [3.63, 3.8) is 0 Å². The van der Waals surface area contributed by atoms with Gasteiger partial charge in [0.15, 0.2) is 0 Å². The first kappa shape index (κ1) is 18.5. The first-order valence-corrected chi connectivity index (χ1v) is 10.7. The largest absolute Gasteiger partial charge is 0.593 e. The number of benzene rings is 2. The molecular formula is C22H22N4OS. The Bertz CT molecular complexity index is 1030. The highest BCUT2D eigenvalue weighted by Gasteiger charge is 2.24. The molecule has 0 spiro atoms. The molecule has 1 heterocycles. The molecule has 3 aromatic rings. The Hall–Kier alpha value is -2.83. The van der Waals surface area contributed by atoms with Crippen LogP contribution in [0.15, 0.2) is 54.7 Å². The zero-order chi connectivity index (χ0) is 19.7. The van der Waals surface area contributed by atoms with Gasteiger partial charge in [0.25, 0.3) is 0 Å². The van der Waals surface area contributed by atoms with Gasteiger partial charge in [0.05, 0.1) is 23.3 Å². The minimum absolute atomic E-state index is 0.563. The smallest absolute Gasteiger partial charge is 0.121 e. The molecule has 28 heavy (non-hydrogen) atoms. The molecule has 1 unspecified atom stereocenters. The van der Waals surface area contributed by atoms with Crippen LogP contribution in [0.5, 0.6) is 0 Å². The SMILES string of the molecule is C[S+]([O-])Nc1cnc(-c2cccc(C3CC3)c2)c(-c2ccc(N)c(C=N)c2)c1. The quantitative estimate of drug-likeness (QED) is 0.326. The minimum Gasteiger partial charge on any atom is -0.593 e. The molecule has 0 bridgehead atoms. The van der Waals surface area contributed by atoms with E-state index in [0.29, 0.717) is 22.9 Å². The van der Waals surface area contributed by atoms with E-state index in [1.807, 2.05) is 18.2 Å². The van der Waals surface area contributed by atoms with Gasteiger partial charge in [-0.2, -0.15) is 0 Å². The van der Waals surface area contributed by atoms with E-state index < -0.39 is 11.4 Å². The lowest BCUT2D eigenvalue weighted by Gasteiger charge is -2.14. The van der Waals surface area contributed by atoms with Crippen molar-refractivity contribution in [3.8, 4) is 22.4 Å². The van der Waals surface area contributed by atoms with Crippen LogP contribution in [-0.2, 0) is 11.4 Å². The van der Waals surface area contributed by atoms with Crippen LogP contribution in [0.25, 0.3) is 22.4 Å². The van der Waals surface area contributed by atoms with E-state index in [4.69, 9.17) is 16.1 Å². The van der Waals surface area contributed by atoms with Crippen molar-refractivity contribution < 1.29 is 4.55 Å². The van der Waals surface area contributed by atoms with E-state index in [9.17, 15) is 4.55 Å². The average Bonchev–Trinajstić information content (AvgIpc) is 3.53. The molecule has 0 amide bonds. The maximum atomic E-state index is 11.6. The number of nitrogens with two attached hydrogens (primary N) is 1. The Morgan fingerprint density at radius 2 is 2.00 bits per heavy atom. The van der Waals surface area contributed by atoms with Crippen molar-refractivity contribution >= 4 is 29.0 Å². The standard InChI is InChI=1S/C22H22N4OS/c1-28(27)26-19-11-20(16-7-8-21(24)18(10-16)12-23)22(25-13-19)17-4-2-3-15(9-17)14-5-6-14/h2-4,7-14,23,26H,5-6,24H2,1H3. The second kappa shape index (κ2) is 7.66. The van der Waals surface area contributed by atoms with Crippen LogP contribution in [0.1, 0.15) is 29.9 Å². The fourth-order valence-electron chi connectivity index (χ4n) is 3.36. The minimum atomic E-state index is -1.19. The van der Waals surface area contributed by atoms with E-state index in [2.05, 4.69) is 29.0 Å². The molecule has 6 heteroatoms. The number of aromatic nitrogens is 1. The van der Waals surface area contributed by atoms with Crippen molar-refractivity contribution in [2.45, 2.75) is 18.8 Å². The molecule has 2 aromatic carbocycles. The number of anilines is 2. The molecule has 0 saturated heterocycles. The normalized spacial score (nSPS) is 14.5. The zero-order valence-electron chi connectivity index (χ0n) is 15.6. The highest BCUT2D eigenvalue weighted by Crippen LogP contribution is 2.42.